The van der Waals surface area contributed by atoms with Gasteiger partial charge in [-0.3, -0.25) is 4.99 Å². The lowest BCUT2D eigenvalue weighted by Gasteiger charge is -2.15. The van der Waals surface area contributed by atoms with Gasteiger partial charge in [-0.25, -0.2) is 0 Å². The molecular formula is C21H31N3O3. The molecule has 2 rings (SSSR count). The van der Waals surface area contributed by atoms with Gasteiger partial charge in [0, 0.05) is 51.4 Å². The highest BCUT2D eigenvalue weighted by molar-refractivity contribution is 5.79. The van der Waals surface area contributed by atoms with Crippen molar-refractivity contribution in [2.75, 3.05) is 27.4 Å². The van der Waals surface area contributed by atoms with Crippen LogP contribution in [0.5, 0.6) is 5.75 Å². The number of rotatable bonds is 9. The summed E-state index contributed by atoms with van der Waals surface area (Å²) < 4.78 is 16.6. The van der Waals surface area contributed by atoms with E-state index in [1.165, 1.54) is 5.56 Å². The van der Waals surface area contributed by atoms with Crippen LogP contribution in [-0.4, -0.2) is 33.3 Å². The van der Waals surface area contributed by atoms with Gasteiger partial charge in [-0.15, -0.1) is 0 Å². The van der Waals surface area contributed by atoms with Crippen LogP contribution in [0.1, 0.15) is 34.6 Å². The van der Waals surface area contributed by atoms with E-state index >= 15 is 0 Å². The Labute approximate surface area is 162 Å². The molecule has 2 N–H and O–H groups in total. The van der Waals surface area contributed by atoms with Crippen LogP contribution < -0.4 is 15.4 Å². The summed E-state index contributed by atoms with van der Waals surface area (Å²) in [4.78, 5) is 4.29. The fourth-order valence-corrected chi connectivity index (χ4v) is 2.77. The first-order chi connectivity index (χ1) is 13.0. The van der Waals surface area contributed by atoms with Gasteiger partial charge in [0.1, 0.15) is 17.3 Å². The predicted molar refractivity (Wildman–Crippen MR) is 108 cm³/mol. The van der Waals surface area contributed by atoms with E-state index in [2.05, 4.69) is 40.7 Å². The number of guanidine groups is 1. The largest absolute Gasteiger partial charge is 0.493 e. The summed E-state index contributed by atoms with van der Waals surface area (Å²) in [6.07, 6.45) is 0.865. The summed E-state index contributed by atoms with van der Waals surface area (Å²) >= 11 is 0. The topological polar surface area (TPSA) is 68.0 Å². The Morgan fingerprint density at radius 1 is 1.04 bits per heavy atom. The van der Waals surface area contributed by atoms with Crippen LogP contribution in [0.4, 0.5) is 0 Å². The minimum atomic E-state index is 0.628. The van der Waals surface area contributed by atoms with Crippen molar-refractivity contribution in [3.8, 4) is 5.75 Å². The van der Waals surface area contributed by atoms with Crippen molar-refractivity contribution in [2.24, 2.45) is 4.99 Å². The molecule has 0 aliphatic rings. The third-order valence-electron chi connectivity index (χ3n) is 4.23. The van der Waals surface area contributed by atoms with Gasteiger partial charge in [-0.05, 0) is 38.5 Å². The highest BCUT2D eigenvalue weighted by Crippen LogP contribution is 2.20. The Hall–Kier alpha value is -2.47. The fourth-order valence-electron chi connectivity index (χ4n) is 2.77. The smallest absolute Gasteiger partial charge is 0.191 e. The predicted octanol–water partition coefficient (Wildman–Crippen LogP) is 3.49. The average Bonchev–Trinajstić information content (AvgIpc) is 2.97. The van der Waals surface area contributed by atoms with E-state index in [1.54, 1.807) is 14.2 Å². The van der Waals surface area contributed by atoms with Gasteiger partial charge < -0.3 is 24.5 Å². The molecule has 148 valence electrons. The van der Waals surface area contributed by atoms with Gasteiger partial charge in [0.2, 0.25) is 0 Å². The summed E-state index contributed by atoms with van der Waals surface area (Å²) in [5, 5.41) is 6.67. The zero-order valence-electron chi connectivity index (χ0n) is 17.0. The van der Waals surface area contributed by atoms with Crippen molar-refractivity contribution in [1.82, 2.24) is 10.6 Å². The summed E-state index contributed by atoms with van der Waals surface area (Å²) in [6.45, 7) is 8.61. The third-order valence-corrected chi connectivity index (χ3v) is 4.23. The summed E-state index contributed by atoms with van der Waals surface area (Å²) in [7, 11) is 3.47. The lowest BCUT2D eigenvalue weighted by atomic mass is 10.1. The molecule has 0 amide bonds. The quantitative estimate of drug-likeness (QED) is 0.400. The number of benzene rings is 1. The normalized spacial score (nSPS) is 11.5. The van der Waals surface area contributed by atoms with E-state index in [4.69, 9.17) is 13.9 Å². The molecule has 2 aromatic rings. The Morgan fingerprint density at radius 2 is 1.78 bits per heavy atom. The summed E-state index contributed by atoms with van der Waals surface area (Å²) in [5.41, 5.74) is 3.40. The van der Waals surface area contributed by atoms with Crippen molar-refractivity contribution in [1.29, 1.82) is 0 Å². The number of furan rings is 1. The third kappa shape index (κ3) is 6.64. The first-order valence-electron chi connectivity index (χ1n) is 9.25. The number of nitrogens with zero attached hydrogens (tertiary/aromatic N) is 1. The van der Waals surface area contributed by atoms with Gasteiger partial charge in [-0.2, -0.15) is 0 Å². The van der Waals surface area contributed by atoms with Crippen molar-refractivity contribution in [3.63, 3.8) is 0 Å². The number of hydrogen-bond acceptors (Lipinski definition) is 4. The van der Waals surface area contributed by atoms with Gasteiger partial charge in [0.05, 0.1) is 6.61 Å². The molecule has 0 unspecified atom stereocenters. The number of methoxy groups -OCH3 is 1. The fraction of sp³-hybridized carbons (Fsp3) is 0.476. The van der Waals surface area contributed by atoms with Gasteiger partial charge >= 0.3 is 0 Å². The number of ether oxygens (including phenoxy) is 2. The molecule has 0 atom stereocenters. The molecular weight excluding hydrogens is 342 g/mol. The van der Waals surface area contributed by atoms with Crippen molar-refractivity contribution in [3.05, 3.63) is 52.5 Å². The molecule has 1 aromatic carbocycles. The molecule has 0 aliphatic heterocycles. The molecule has 0 fully saturated rings. The molecule has 6 nitrogen and oxygen atoms in total. The van der Waals surface area contributed by atoms with E-state index in [9.17, 15) is 0 Å². The first-order valence-corrected chi connectivity index (χ1v) is 9.25. The van der Waals surface area contributed by atoms with Gasteiger partial charge in [0.25, 0.3) is 0 Å². The second-order valence-corrected chi connectivity index (χ2v) is 6.52. The number of nitrogens with one attached hydrogen (secondary N) is 2. The first kappa shape index (κ1) is 20.8. The van der Waals surface area contributed by atoms with E-state index in [0.29, 0.717) is 26.3 Å². The number of hydrogen-bond donors (Lipinski definition) is 2. The Balaban J connectivity index is 1.92. The number of aryl methyl sites for hydroxylation is 3. The van der Waals surface area contributed by atoms with Crippen LogP contribution in [0.25, 0.3) is 0 Å². The zero-order valence-corrected chi connectivity index (χ0v) is 17.0. The molecule has 0 radical (unpaired) electrons. The molecule has 0 saturated heterocycles. The zero-order chi connectivity index (χ0) is 19.6. The maximum absolute atomic E-state index is 5.94. The SMILES string of the molecule is CN=C(NCc1ccc(C)cc1OCCCOC)NCc1cc(C)oc1C. The Kier molecular flexibility index (Phi) is 8.20. The average molecular weight is 373 g/mol. The minimum Gasteiger partial charge on any atom is -0.493 e. The Bertz CT molecular complexity index is 753. The van der Waals surface area contributed by atoms with Gasteiger partial charge in [0.15, 0.2) is 5.96 Å². The van der Waals surface area contributed by atoms with E-state index in [0.717, 1.165) is 40.8 Å². The summed E-state index contributed by atoms with van der Waals surface area (Å²) in [6, 6.07) is 8.29. The van der Waals surface area contributed by atoms with Gasteiger partial charge in [-0.1, -0.05) is 12.1 Å². The molecule has 0 bridgehead atoms. The van der Waals surface area contributed by atoms with Crippen molar-refractivity contribution >= 4 is 5.96 Å². The monoisotopic (exact) mass is 373 g/mol. The standard InChI is InChI=1S/C21H31N3O3/c1-15-7-8-18(20(11-15)26-10-6-9-25-5)13-23-21(22-4)24-14-19-12-16(2)27-17(19)3/h7-8,11-12H,6,9-10,13-14H2,1-5H3,(H2,22,23,24). The molecule has 6 heteroatoms. The number of aliphatic imine (C=N–C) groups is 1. The highest BCUT2D eigenvalue weighted by Gasteiger charge is 2.08. The second kappa shape index (κ2) is 10.6. The lowest BCUT2D eigenvalue weighted by molar-refractivity contribution is 0.171. The maximum atomic E-state index is 5.94. The van der Waals surface area contributed by atoms with E-state index < -0.39 is 0 Å². The van der Waals surface area contributed by atoms with Crippen LogP contribution in [0.3, 0.4) is 0 Å². The second-order valence-electron chi connectivity index (χ2n) is 6.52. The maximum Gasteiger partial charge on any atom is 0.191 e. The molecule has 0 aliphatic carbocycles. The molecule has 0 saturated carbocycles. The van der Waals surface area contributed by atoms with Crippen molar-refractivity contribution in [2.45, 2.75) is 40.3 Å². The van der Waals surface area contributed by atoms with Crippen LogP contribution in [0, 0.1) is 20.8 Å². The molecule has 0 spiro atoms. The van der Waals surface area contributed by atoms with Crippen LogP contribution in [0.2, 0.25) is 0 Å². The van der Waals surface area contributed by atoms with E-state index in [-0.39, 0.29) is 0 Å². The van der Waals surface area contributed by atoms with Crippen LogP contribution >= 0.6 is 0 Å². The lowest BCUT2D eigenvalue weighted by Crippen LogP contribution is -2.36. The van der Waals surface area contributed by atoms with Crippen molar-refractivity contribution < 1.29 is 13.9 Å². The molecule has 27 heavy (non-hydrogen) atoms. The van der Waals surface area contributed by atoms with E-state index in [1.807, 2.05) is 19.9 Å². The molecule has 1 aromatic heterocycles. The van der Waals surface area contributed by atoms with Crippen LogP contribution in [0.15, 0.2) is 33.7 Å². The molecule has 1 heterocycles. The highest BCUT2D eigenvalue weighted by atomic mass is 16.5. The Morgan fingerprint density at radius 3 is 2.41 bits per heavy atom. The summed E-state index contributed by atoms with van der Waals surface area (Å²) in [5.74, 6) is 3.48. The van der Waals surface area contributed by atoms with Crippen LogP contribution in [-0.2, 0) is 17.8 Å². The minimum absolute atomic E-state index is 0.628.